The first-order chi connectivity index (χ1) is 7.13. The van der Waals surface area contributed by atoms with E-state index < -0.39 is 0 Å². The van der Waals surface area contributed by atoms with Gasteiger partial charge in [0.1, 0.15) is 5.82 Å². The first-order valence-corrected chi connectivity index (χ1v) is 5.29. The molecule has 1 nitrogen and oxygen atoms in total. The molecule has 0 aliphatic rings. The summed E-state index contributed by atoms with van der Waals surface area (Å²) in [7, 11) is 0. The van der Waals surface area contributed by atoms with Crippen LogP contribution in [0.5, 0.6) is 0 Å². The van der Waals surface area contributed by atoms with Crippen molar-refractivity contribution in [2.45, 2.75) is 26.3 Å². The summed E-state index contributed by atoms with van der Waals surface area (Å²) in [6, 6.07) is 6.84. The summed E-state index contributed by atoms with van der Waals surface area (Å²) in [5.41, 5.74) is 2.14. The van der Waals surface area contributed by atoms with Crippen molar-refractivity contribution in [2.75, 3.05) is 6.54 Å². The highest BCUT2D eigenvalue weighted by Crippen LogP contribution is 2.13. The number of nitrogens with one attached hydrogen (secondary N) is 1. The van der Waals surface area contributed by atoms with Crippen LogP contribution < -0.4 is 5.32 Å². The Hall–Kier alpha value is -1.15. The smallest absolute Gasteiger partial charge is 0.123 e. The first kappa shape index (κ1) is 11.9. The van der Waals surface area contributed by atoms with Crippen molar-refractivity contribution >= 4 is 0 Å². The van der Waals surface area contributed by atoms with Crippen LogP contribution in [-0.2, 0) is 0 Å². The molecular weight excluding hydrogens is 189 g/mol. The molecular formula is C13H18FN. The summed E-state index contributed by atoms with van der Waals surface area (Å²) in [6.07, 6.45) is 0.975. The summed E-state index contributed by atoms with van der Waals surface area (Å²) in [5.74, 6) is -0.185. The van der Waals surface area contributed by atoms with Crippen LogP contribution in [0.4, 0.5) is 4.39 Å². The van der Waals surface area contributed by atoms with Gasteiger partial charge in [-0.3, -0.25) is 0 Å². The minimum Gasteiger partial charge on any atom is -0.306 e. The minimum atomic E-state index is -0.185. The first-order valence-electron chi connectivity index (χ1n) is 5.29. The predicted molar refractivity (Wildman–Crippen MR) is 62.2 cm³/mol. The van der Waals surface area contributed by atoms with Crippen LogP contribution >= 0.6 is 0 Å². The maximum atomic E-state index is 12.9. The molecule has 2 heteroatoms. The van der Waals surface area contributed by atoms with Gasteiger partial charge in [0.05, 0.1) is 0 Å². The summed E-state index contributed by atoms with van der Waals surface area (Å²) in [6.45, 7) is 8.81. The molecule has 0 saturated carbocycles. The molecule has 1 rings (SSSR count). The molecule has 0 amide bonds. The molecule has 0 unspecified atom stereocenters. The van der Waals surface area contributed by atoms with Gasteiger partial charge in [-0.25, -0.2) is 4.39 Å². The molecule has 0 spiro atoms. The van der Waals surface area contributed by atoms with E-state index in [0.717, 1.165) is 18.5 Å². The van der Waals surface area contributed by atoms with Gasteiger partial charge in [-0.1, -0.05) is 31.2 Å². The van der Waals surface area contributed by atoms with Crippen LogP contribution in [0.2, 0.25) is 0 Å². The topological polar surface area (TPSA) is 12.0 Å². The van der Waals surface area contributed by atoms with Gasteiger partial charge < -0.3 is 5.32 Å². The van der Waals surface area contributed by atoms with E-state index in [1.165, 1.54) is 11.6 Å². The van der Waals surface area contributed by atoms with E-state index in [1.807, 2.05) is 13.0 Å². The van der Waals surface area contributed by atoms with Crippen molar-refractivity contribution in [1.29, 1.82) is 0 Å². The van der Waals surface area contributed by atoms with Crippen LogP contribution in [-0.4, -0.2) is 6.54 Å². The highest BCUT2D eigenvalue weighted by atomic mass is 19.1. The van der Waals surface area contributed by atoms with Crippen molar-refractivity contribution in [3.8, 4) is 0 Å². The third kappa shape index (κ3) is 3.84. The molecule has 0 fully saturated rings. The second kappa shape index (κ2) is 5.66. The van der Waals surface area contributed by atoms with Gasteiger partial charge >= 0.3 is 0 Å². The highest BCUT2D eigenvalue weighted by molar-refractivity contribution is 5.19. The van der Waals surface area contributed by atoms with E-state index >= 15 is 0 Å². The third-order valence-corrected chi connectivity index (χ3v) is 2.51. The van der Waals surface area contributed by atoms with Gasteiger partial charge in [0.2, 0.25) is 0 Å². The predicted octanol–water partition coefficient (Wildman–Crippen LogP) is 3.44. The average Bonchev–Trinajstić information content (AvgIpc) is 2.25. The molecule has 0 heterocycles. The second-order valence-corrected chi connectivity index (χ2v) is 3.76. The van der Waals surface area contributed by atoms with Gasteiger partial charge in [0.25, 0.3) is 0 Å². The number of rotatable bonds is 5. The van der Waals surface area contributed by atoms with Gasteiger partial charge in [0, 0.05) is 12.6 Å². The summed E-state index contributed by atoms with van der Waals surface area (Å²) < 4.78 is 12.9. The lowest BCUT2D eigenvalue weighted by Gasteiger charge is -2.14. The number of hydrogen-bond acceptors (Lipinski definition) is 1. The lowest BCUT2D eigenvalue weighted by Crippen LogP contribution is -2.20. The quantitative estimate of drug-likeness (QED) is 0.729. The van der Waals surface area contributed by atoms with Gasteiger partial charge in [-0.05, 0) is 31.0 Å². The second-order valence-electron chi connectivity index (χ2n) is 3.76. The number of hydrogen-bond donors (Lipinski definition) is 1. The van der Waals surface area contributed by atoms with E-state index in [4.69, 9.17) is 0 Å². The van der Waals surface area contributed by atoms with Crippen LogP contribution in [0.15, 0.2) is 36.4 Å². The summed E-state index contributed by atoms with van der Waals surface area (Å²) in [4.78, 5) is 0. The zero-order valence-electron chi connectivity index (χ0n) is 9.39. The Labute approximate surface area is 91.0 Å². The molecule has 1 atom stereocenters. The van der Waals surface area contributed by atoms with Gasteiger partial charge in [0.15, 0.2) is 0 Å². The van der Waals surface area contributed by atoms with Crippen molar-refractivity contribution in [3.63, 3.8) is 0 Å². The van der Waals surface area contributed by atoms with Gasteiger partial charge in [-0.15, -0.1) is 0 Å². The Morgan fingerprint density at radius 2 is 2.27 bits per heavy atom. The Kier molecular flexibility index (Phi) is 4.50. The zero-order chi connectivity index (χ0) is 11.3. The molecule has 0 radical (unpaired) electrons. The van der Waals surface area contributed by atoms with Crippen LogP contribution in [0.3, 0.4) is 0 Å². The van der Waals surface area contributed by atoms with E-state index in [2.05, 4.69) is 18.8 Å². The molecule has 82 valence electrons. The van der Waals surface area contributed by atoms with Crippen molar-refractivity contribution < 1.29 is 4.39 Å². The Bertz CT molecular complexity index is 333. The van der Waals surface area contributed by atoms with Crippen LogP contribution in [0, 0.1) is 5.82 Å². The standard InChI is InChI=1S/C13H18FN/c1-4-10(2)9-15-11(3)12-6-5-7-13(14)8-12/h5-8,11,15H,2,4,9H2,1,3H3/t11-/m0/s1. The lowest BCUT2D eigenvalue weighted by atomic mass is 10.1. The minimum absolute atomic E-state index is 0.156. The zero-order valence-corrected chi connectivity index (χ0v) is 9.39. The largest absolute Gasteiger partial charge is 0.306 e. The average molecular weight is 207 g/mol. The monoisotopic (exact) mass is 207 g/mol. The Morgan fingerprint density at radius 1 is 1.53 bits per heavy atom. The normalized spacial score (nSPS) is 12.5. The fourth-order valence-electron chi connectivity index (χ4n) is 1.32. The SMILES string of the molecule is C=C(CC)CN[C@@H](C)c1cccc(F)c1. The van der Waals surface area contributed by atoms with Crippen LogP contribution in [0.25, 0.3) is 0 Å². The molecule has 1 aromatic rings. The van der Waals surface area contributed by atoms with Gasteiger partial charge in [-0.2, -0.15) is 0 Å². The molecule has 0 aliphatic heterocycles. The fraction of sp³-hybridized carbons (Fsp3) is 0.385. The number of halogens is 1. The van der Waals surface area contributed by atoms with Crippen molar-refractivity contribution in [1.82, 2.24) is 5.32 Å². The van der Waals surface area contributed by atoms with Crippen molar-refractivity contribution in [3.05, 3.63) is 47.8 Å². The molecule has 1 N–H and O–H groups in total. The van der Waals surface area contributed by atoms with E-state index in [9.17, 15) is 4.39 Å². The molecule has 0 aromatic heterocycles. The molecule has 1 aromatic carbocycles. The molecule has 0 bridgehead atoms. The summed E-state index contributed by atoms with van der Waals surface area (Å²) in [5, 5.41) is 3.31. The maximum absolute atomic E-state index is 12.9. The lowest BCUT2D eigenvalue weighted by molar-refractivity contribution is 0.586. The molecule has 15 heavy (non-hydrogen) atoms. The maximum Gasteiger partial charge on any atom is 0.123 e. The molecule has 0 saturated heterocycles. The Morgan fingerprint density at radius 3 is 2.87 bits per heavy atom. The van der Waals surface area contributed by atoms with E-state index in [0.29, 0.717) is 0 Å². The van der Waals surface area contributed by atoms with E-state index in [-0.39, 0.29) is 11.9 Å². The fourth-order valence-corrected chi connectivity index (χ4v) is 1.32. The van der Waals surface area contributed by atoms with E-state index in [1.54, 1.807) is 12.1 Å². The van der Waals surface area contributed by atoms with Crippen LogP contribution in [0.1, 0.15) is 31.9 Å². The van der Waals surface area contributed by atoms with Crippen molar-refractivity contribution in [2.24, 2.45) is 0 Å². The summed E-state index contributed by atoms with van der Waals surface area (Å²) >= 11 is 0. The molecule has 0 aliphatic carbocycles. The number of benzene rings is 1. The highest BCUT2D eigenvalue weighted by Gasteiger charge is 2.05. The Balaban J connectivity index is 2.53. The third-order valence-electron chi connectivity index (χ3n) is 2.51.